The number of thiocarbonyl (C=S) groups is 1. The molecule has 1 amide bonds. The molecular formula is C15H19ClN3OS+. The zero-order valence-electron chi connectivity index (χ0n) is 11.9. The van der Waals surface area contributed by atoms with Gasteiger partial charge in [-0.15, -0.1) is 0 Å². The van der Waals surface area contributed by atoms with Gasteiger partial charge in [-0.1, -0.05) is 29.8 Å². The predicted molar refractivity (Wildman–Crippen MR) is 89.4 cm³/mol. The smallest absolute Gasteiger partial charge is 0.250 e. The van der Waals surface area contributed by atoms with Gasteiger partial charge in [0.25, 0.3) is 0 Å². The average molecular weight is 325 g/mol. The highest BCUT2D eigenvalue weighted by molar-refractivity contribution is 7.80. The van der Waals surface area contributed by atoms with Crippen LogP contribution in [0.4, 0.5) is 0 Å². The second-order valence-electron chi connectivity index (χ2n) is 5.09. The van der Waals surface area contributed by atoms with Gasteiger partial charge in [0, 0.05) is 11.1 Å². The number of halogens is 1. The Morgan fingerprint density at radius 2 is 2.05 bits per heavy atom. The normalized spacial score (nSPS) is 16.2. The molecule has 112 valence electrons. The quantitative estimate of drug-likeness (QED) is 0.617. The molecule has 0 unspecified atom stereocenters. The summed E-state index contributed by atoms with van der Waals surface area (Å²) in [6, 6.07) is 7.37. The van der Waals surface area contributed by atoms with Crippen LogP contribution in [0.1, 0.15) is 5.56 Å². The Labute approximate surface area is 135 Å². The standard InChI is InChI=1S/C15H18ClN3OS/c1-18-8-10-19(11-9-18)15(21)17-14(20)7-6-12-4-2-3-5-13(12)16/h2-7H,8-11H2,1H3,(H,17,20,21)/p+1/b7-6+. The Morgan fingerprint density at radius 3 is 2.71 bits per heavy atom. The Morgan fingerprint density at radius 1 is 1.38 bits per heavy atom. The first-order valence-electron chi connectivity index (χ1n) is 6.90. The van der Waals surface area contributed by atoms with Crippen LogP contribution in [0.5, 0.6) is 0 Å². The molecule has 0 radical (unpaired) electrons. The van der Waals surface area contributed by atoms with E-state index in [4.69, 9.17) is 23.8 Å². The Bertz CT molecular complexity index is 554. The summed E-state index contributed by atoms with van der Waals surface area (Å²) in [5.41, 5.74) is 0.809. The fourth-order valence-electron chi connectivity index (χ4n) is 2.09. The van der Waals surface area contributed by atoms with Gasteiger partial charge in [0.2, 0.25) is 5.91 Å². The number of nitrogens with zero attached hydrogens (tertiary/aromatic N) is 1. The Kier molecular flexibility index (Phi) is 5.73. The molecule has 1 aromatic rings. The first-order chi connectivity index (χ1) is 10.1. The molecule has 0 bridgehead atoms. The van der Waals surface area contributed by atoms with E-state index in [1.807, 2.05) is 23.1 Å². The summed E-state index contributed by atoms with van der Waals surface area (Å²) >= 11 is 11.3. The molecular weight excluding hydrogens is 306 g/mol. The fraction of sp³-hybridized carbons (Fsp3) is 0.333. The van der Waals surface area contributed by atoms with Crippen molar-refractivity contribution < 1.29 is 9.69 Å². The third-order valence-electron chi connectivity index (χ3n) is 3.45. The lowest BCUT2D eigenvalue weighted by Gasteiger charge is -2.31. The molecule has 21 heavy (non-hydrogen) atoms. The van der Waals surface area contributed by atoms with E-state index in [0.717, 1.165) is 31.7 Å². The summed E-state index contributed by atoms with van der Waals surface area (Å²) in [7, 11) is 2.16. The lowest BCUT2D eigenvalue weighted by atomic mass is 10.2. The van der Waals surface area contributed by atoms with Crippen LogP contribution >= 0.6 is 23.8 Å². The van der Waals surface area contributed by atoms with Crippen molar-refractivity contribution in [1.82, 2.24) is 10.2 Å². The van der Waals surface area contributed by atoms with Crippen molar-refractivity contribution >= 4 is 40.9 Å². The lowest BCUT2D eigenvalue weighted by Crippen LogP contribution is -3.12. The van der Waals surface area contributed by atoms with Gasteiger partial charge < -0.3 is 9.80 Å². The van der Waals surface area contributed by atoms with Crippen LogP contribution in [-0.2, 0) is 4.79 Å². The van der Waals surface area contributed by atoms with Crippen molar-refractivity contribution in [3.63, 3.8) is 0 Å². The van der Waals surface area contributed by atoms with E-state index in [9.17, 15) is 4.79 Å². The fourth-order valence-corrected chi connectivity index (χ4v) is 2.58. The minimum absolute atomic E-state index is 0.230. The molecule has 0 atom stereocenters. The molecule has 0 aromatic heterocycles. The molecule has 1 aliphatic heterocycles. The Balaban J connectivity index is 1.87. The van der Waals surface area contributed by atoms with Gasteiger partial charge in [0.05, 0.1) is 33.2 Å². The van der Waals surface area contributed by atoms with Gasteiger partial charge in [0.1, 0.15) is 0 Å². The summed E-state index contributed by atoms with van der Waals surface area (Å²) < 4.78 is 0. The number of piperazine rings is 1. The van der Waals surface area contributed by atoms with E-state index < -0.39 is 0 Å². The molecule has 1 aromatic carbocycles. The minimum Gasteiger partial charge on any atom is -0.338 e. The van der Waals surface area contributed by atoms with Crippen LogP contribution < -0.4 is 10.2 Å². The van der Waals surface area contributed by atoms with Gasteiger partial charge in [0.15, 0.2) is 5.11 Å². The lowest BCUT2D eigenvalue weighted by molar-refractivity contribution is -0.883. The summed E-state index contributed by atoms with van der Waals surface area (Å²) in [5, 5.41) is 3.85. The van der Waals surface area contributed by atoms with Crippen molar-refractivity contribution in [1.29, 1.82) is 0 Å². The highest BCUT2D eigenvalue weighted by atomic mass is 35.5. The minimum atomic E-state index is -0.230. The number of benzene rings is 1. The van der Waals surface area contributed by atoms with E-state index in [0.29, 0.717) is 10.1 Å². The maximum Gasteiger partial charge on any atom is 0.250 e. The molecule has 2 rings (SSSR count). The van der Waals surface area contributed by atoms with Crippen molar-refractivity contribution in [3.05, 3.63) is 40.9 Å². The first kappa shape index (κ1) is 15.9. The van der Waals surface area contributed by atoms with Gasteiger partial charge in [-0.2, -0.15) is 0 Å². The number of hydrogen-bond acceptors (Lipinski definition) is 2. The molecule has 1 heterocycles. The summed E-state index contributed by atoms with van der Waals surface area (Å²) in [4.78, 5) is 15.4. The monoisotopic (exact) mass is 324 g/mol. The number of carbonyl (C=O) groups is 1. The topological polar surface area (TPSA) is 36.8 Å². The molecule has 6 heteroatoms. The van der Waals surface area contributed by atoms with Gasteiger partial charge in [-0.05, 0) is 29.9 Å². The summed E-state index contributed by atoms with van der Waals surface area (Å²) in [6.45, 7) is 3.81. The zero-order valence-corrected chi connectivity index (χ0v) is 13.5. The van der Waals surface area contributed by atoms with E-state index in [2.05, 4.69) is 12.4 Å². The maximum absolute atomic E-state index is 11.9. The summed E-state index contributed by atoms with van der Waals surface area (Å²) in [6.07, 6.45) is 3.14. The van der Waals surface area contributed by atoms with Crippen LogP contribution in [0.25, 0.3) is 6.08 Å². The number of nitrogens with one attached hydrogen (secondary N) is 2. The van der Waals surface area contributed by atoms with Crippen molar-refractivity contribution in [2.24, 2.45) is 0 Å². The number of hydrogen-bond donors (Lipinski definition) is 2. The Hall–Kier alpha value is -1.43. The molecule has 2 N–H and O–H groups in total. The third kappa shape index (κ3) is 4.81. The van der Waals surface area contributed by atoms with E-state index in [1.165, 1.54) is 11.0 Å². The van der Waals surface area contributed by atoms with Crippen molar-refractivity contribution in [2.45, 2.75) is 0 Å². The molecule has 1 fully saturated rings. The molecule has 0 aliphatic carbocycles. The third-order valence-corrected chi connectivity index (χ3v) is 4.16. The van der Waals surface area contributed by atoms with Crippen LogP contribution in [0, 0.1) is 0 Å². The predicted octanol–water partition coefficient (Wildman–Crippen LogP) is 0.585. The van der Waals surface area contributed by atoms with Gasteiger partial charge >= 0.3 is 0 Å². The van der Waals surface area contributed by atoms with Crippen molar-refractivity contribution in [3.8, 4) is 0 Å². The number of amides is 1. The number of carbonyl (C=O) groups excluding carboxylic acids is 1. The number of quaternary nitrogens is 1. The second-order valence-corrected chi connectivity index (χ2v) is 5.89. The molecule has 1 saturated heterocycles. The first-order valence-corrected chi connectivity index (χ1v) is 7.68. The van der Waals surface area contributed by atoms with Crippen LogP contribution in [0.2, 0.25) is 5.02 Å². The summed E-state index contributed by atoms with van der Waals surface area (Å²) in [5.74, 6) is -0.230. The zero-order chi connectivity index (χ0) is 15.2. The van der Waals surface area contributed by atoms with Crippen LogP contribution in [0.3, 0.4) is 0 Å². The van der Waals surface area contributed by atoms with Gasteiger partial charge in [-0.25, -0.2) is 0 Å². The van der Waals surface area contributed by atoms with Crippen molar-refractivity contribution in [2.75, 3.05) is 33.2 Å². The second kappa shape index (κ2) is 7.54. The SMILES string of the molecule is C[NH+]1CCN(C(=S)NC(=O)/C=C/c2ccccc2Cl)CC1. The van der Waals surface area contributed by atoms with Crippen LogP contribution in [-0.4, -0.2) is 49.1 Å². The van der Waals surface area contributed by atoms with Crippen LogP contribution in [0.15, 0.2) is 30.3 Å². The average Bonchev–Trinajstić information content (AvgIpc) is 2.47. The largest absolute Gasteiger partial charge is 0.338 e. The number of likely N-dealkylation sites (N-methyl/N-ethyl adjacent to an activating group) is 1. The highest BCUT2D eigenvalue weighted by Gasteiger charge is 2.19. The molecule has 0 saturated carbocycles. The highest BCUT2D eigenvalue weighted by Crippen LogP contribution is 2.15. The maximum atomic E-state index is 11.9. The van der Waals surface area contributed by atoms with E-state index in [-0.39, 0.29) is 5.91 Å². The molecule has 1 aliphatic rings. The van der Waals surface area contributed by atoms with E-state index >= 15 is 0 Å². The van der Waals surface area contributed by atoms with E-state index in [1.54, 1.807) is 12.1 Å². The molecule has 4 nitrogen and oxygen atoms in total. The van der Waals surface area contributed by atoms with Gasteiger partial charge in [-0.3, -0.25) is 10.1 Å². The molecule has 0 spiro atoms. The number of rotatable bonds is 2.